The molecule has 0 radical (unpaired) electrons. The largest absolute Gasteiger partial charge is 0.341 e. The van der Waals surface area contributed by atoms with E-state index >= 15 is 0 Å². The van der Waals surface area contributed by atoms with Gasteiger partial charge >= 0.3 is 0 Å². The fraction of sp³-hybridized carbons (Fsp3) is 0.438. The summed E-state index contributed by atoms with van der Waals surface area (Å²) in [5.41, 5.74) is 0.797. The molecule has 0 aromatic carbocycles. The number of nitrogens with zero attached hydrogens (tertiary/aromatic N) is 4. The maximum atomic E-state index is 12.5. The summed E-state index contributed by atoms with van der Waals surface area (Å²) < 4.78 is 1.88. The van der Waals surface area contributed by atoms with Crippen molar-refractivity contribution < 1.29 is 4.79 Å². The highest BCUT2D eigenvalue weighted by molar-refractivity contribution is 5.76. The predicted molar refractivity (Wildman–Crippen MR) is 80.5 cm³/mol. The molecule has 5 heteroatoms. The number of carbonyl (C=O) groups is 1. The monoisotopic (exact) mass is 284 g/mol. The molecule has 110 valence electrons. The summed E-state index contributed by atoms with van der Waals surface area (Å²) in [5, 5.41) is 0. The first-order chi connectivity index (χ1) is 10.3. The fourth-order valence-electron chi connectivity index (χ4n) is 2.73. The normalized spacial score (nSPS) is 15.7. The molecule has 1 saturated heterocycles. The first-order valence-corrected chi connectivity index (χ1v) is 7.55. The van der Waals surface area contributed by atoms with Crippen LogP contribution in [0.4, 0.5) is 0 Å². The second kappa shape index (κ2) is 6.52. The lowest BCUT2D eigenvalue weighted by Gasteiger charge is -2.20. The Morgan fingerprint density at radius 3 is 2.57 bits per heavy atom. The highest BCUT2D eigenvalue weighted by Gasteiger charge is 2.17. The molecule has 0 spiro atoms. The molecule has 21 heavy (non-hydrogen) atoms. The number of hydrogen-bond donors (Lipinski definition) is 0. The van der Waals surface area contributed by atoms with Gasteiger partial charge in [0.2, 0.25) is 5.91 Å². The number of aromatic nitrogens is 3. The lowest BCUT2D eigenvalue weighted by atomic mass is 10.2. The van der Waals surface area contributed by atoms with Crippen LogP contribution >= 0.6 is 0 Å². The lowest BCUT2D eigenvalue weighted by molar-refractivity contribution is -0.131. The molecule has 0 aliphatic carbocycles. The summed E-state index contributed by atoms with van der Waals surface area (Å²) in [6, 6.07) is 5.71. The van der Waals surface area contributed by atoms with Crippen LogP contribution in [0.3, 0.4) is 0 Å². The van der Waals surface area contributed by atoms with Crippen LogP contribution in [0, 0.1) is 0 Å². The Hall–Kier alpha value is -2.17. The summed E-state index contributed by atoms with van der Waals surface area (Å²) >= 11 is 0. The molecule has 1 fully saturated rings. The van der Waals surface area contributed by atoms with Crippen molar-refractivity contribution in [2.45, 2.75) is 32.2 Å². The molecule has 3 rings (SSSR count). The van der Waals surface area contributed by atoms with Gasteiger partial charge in [-0.1, -0.05) is 18.9 Å². The van der Waals surface area contributed by atoms with Gasteiger partial charge in [-0.05, 0) is 25.0 Å². The van der Waals surface area contributed by atoms with Crippen LogP contribution in [0.5, 0.6) is 0 Å². The molecule has 3 heterocycles. The van der Waals surface area contributed by atoms with Crippen LogP contribution in [0.2, 0.25) is 0 Å². The Morgan fingerprint density at radius 2 is 1.86 bits per heavy atom. The molecular formula is C16H20N4O. The topological polar surface area (TPSA) is 51.0 Å². The second-order valence-electron chi connectivity index (χ2n) is 5.39. The standard InChI is InChI=1S/C16H20N4O/c21-15(19-10-5-1-2-6-11-19)13-20-12-9-18-16(20)14-7-3-4-8-17-14/h3-4,7-9,12H,1-2,5-6,10-11,13H2. The molecular weight excluding hydrogens is 264 g/mol. The maximum Gasteiger partial charge on any atom is 0.242 e. The average Bonchev–Trinajstić information content (AvgIpc) is 2.81. The minimum Gasteiger partial charge on any atom is -0.341 e. The number of likely N-dealkylation sites (tertiary alicyclic amines) is 1. The van der Waals surface area contributed by atoms with E-state index in [2.05, 4.69) is 9.97 Å². The third-order valence-corrected chi connectivity index (χ3v) is 3.87. The molecule has 2 aromatic rings. The number of rotatable bonds is 3. The van der Waals surface area contributed by atoms with Crippen LogP contribution in [0.1, 0.15) is 25.7 Å². The minimum atomic E-state index is 0.173. The molecule has 0 N–H and O–H groups in total. The zero-order chi connectivity index (χ0) is 14.5. The SMILES string of the molecule is O=C(Cn1ccnc1-c1ccccn1)N1CCCCCC1. The summed E-state index contributed by atoms with van der Waals surface area (Å²) in [6.07, 6.45) is 10.00. The van der Waals surface area contributed by atoms with E-state index in [-0.39, 0.29) is 5.91 Å². The average molecular weight is 284 g/mol. The van der Waals surface area contributed by atoms with Crippen LogP contribution in [-0.2, 0) is 11.3 Å². The van der Waals surface area contributed by atoms with Gasteiger partial charge in [-0.3, -0.25) is 9.78 Å². The second-order valence-corrected chi connectivity index (χ2v) is 5.39. The number of carbonyl (C=O) groups excluding carboxylic acids is 1. The predicted octanol–water partition coefficient (Wildman–Crippen LogP) is 2.35. The van der Waals surface area contributed by atoms with Crippen molar-refractivity contribution in [3.8, 4) is 11.5 Å². The van der Waals surface area contributed by atoms with E-state index in [4.69, 9.17) is 0 Å². The third-order valence-electron chi connectivity index (χ3n) is 3.87. The van der Waals surface area contributed by atoms with Gasteiger partial charge in [0.1, 0.15) is 12.2 Å². The molecule has 0 saturated carbocycles. The van der Waals surface area contributed by atoms with Gasteiger partial charge in [-0.2, -0.15) is 0 Å². The van der Waals surface area contributed by atoms with Gasteiger partial charge in [-0.15, -0.1) is 0 Å². The molecule has 5 nitrogen and oxygen atoms in total. The molecule has 1 aliphatic heterocycles. The summed E-state index contributed by atoms with van der Waals surface area (Å²) in [7, 11) is 0. The number of hydrogen-bond acceptors (Lipinski definition) is 3. The van der Waals surface area contributed by atoms with Crippen LogP contribution < -0.4 is 0 Å². The van der Waals surface area contributed by atoms with Crippen molar-refractivity contribution in [2.24, 2.45) is 0 Å². The zero-order valence-corrected chi connectivity index (χ0v) is 12.1. The van der Waals surface area contributed by atoms with Crippen LogP contribution in [0.25, 0.3) is 11.5 Å². The quantitative estimate of drug-likeness (QED) is 0.869. The van der Waals surface area contributed by atoms with Crippen molar-refractivity contribution in [2.75, 3.05) is 13.1 Å². The number of pyridine rings is 1. The van der Waals surface area contributed by atoms with Crippen molar-refractivity contribution >= 4 is 5.91 Å². The maximum absolute atomic E-state index is 12.5. The van der Waals surface area contributed by atoms with Crippen molar-refractivity contribution in [3.05, 3.63) is 36.8 Å². The molecule has 1 aliphatic rings. The van der Waals surface area contributed by atoms with E-state index in [1.807, 2.05) is 33.9 Å². The Labute approximate surface area is 124 Å². The molecule has 0 atom stereocenters. The Balaban J connectivity index is 1.73. The van der Waals surface area contributed by atoms with E-state index in [0.717, 1.165) is 37.4 Å². The van der Waals surface area contributed by atoms with Gasteiger partial charge in [-0.25, -0.2) is 4.98 Å². The third kappa shape index (κ3) is 3.29. The van der Waals surface area contributed by atoms with Crippen molar-refractivity contribution in [3.63, 3.8) is 0 Å². The minimum absolute atomic E-state index is 0.173. The fourth-order valence-corrected chi connectivity index (χ4v) is 2.73. The van der Waals surface area contributed by atoms with Gasteiger partial charge in [0.25, 0.3) is 0 Å². The van der Waals surface area contributed by atoms with E-state index in [9.17, 15) is 4.79 Å². The van der Waals surface area contributed by atoms with Gasteiger partial charge in [0.15, 0.2) is 5.82 Å². The van der Waals surface area contributed by atoms with E-state index in [0.29, 0.717) is 6.54 Å². The summed E-state index contributed by atoms with van der Waals surface area (Å²) in [6.45, 7) is 2.10. The number of imidazole rings is 1. The summed E-state index contributed by atoms with van der Waals surface area (Å²) in [4.78, 5) is 23.1. The molecule has 0 bridgehead atoms. The van der Waals surface area contributed by atoms with E-state index in [1.54, 1.807) is 12.4 Å². The van der Waals surface area contributed by atoms with Gasteiger partial charge < -0.3 is 9.47 Å². The Kier molecular flexibility index (Phi) is 4.28. The van der Waals surface area contributed by atoms with E-state index < -0.39 is 0 Å². The van der Waals surface area contributed by atoms with Crippen LogP contribution in [0.15, 0.2) is 36.8 Å². The van der Waals surface area contributed by atoms with Crippen LogP contribution in [-0.4, -0.2) is 38.4 Å². The molecule has 1 amide bonds. The van der Waals surface area contributed by atoms with Crippen molar-refractivity contribution in [1.82, 2.24) is 19.4 Å². The Bertz CT molecular complexity index is 585. The first-order valence-electron chi connectivity index (χ1n) is 7.55. The van der Waals surface area contributed by atoms with Crippen molar-refractivity contribution in [1.29, 1.82) is 0 Å². The highest BCUT2D eigenvalue weighted by Crippen LogP contribution is 2.15. The molecule has 0 unspecified atom stereocenters. The van der Waals surface area contributed by atoms with Gasteiger partial charge in [0, 0.05) is 31.7 Å². The smallest absolute Gasteiger partial charge is 0.242 e. The highest BCUT2D eigenvalue weighted by atomic mass is 16.2. The lowest BCUT2D eigenvalue weighted by Crippen LogP contribution is -2.34. The number of amides is 1. The molecule has 2 aromatic heterocycles. The van der Waals surface area contributed by atoms with Gasteiger partial charge in [0.05, 0.1) is 0 Å². The van der Waals surface area contributed by atoms with E-state index in [1.165, 1.54) is 12.8 Å². The zero-order valence-electron chi connectivity index (χ0n) is 12.1. The summed E-state index contributed by atoms with van der Waals surface area (Å²) in [5.74, 6) is 0.922. The first kappa shape index (κ1) is 13.8. The Morgan fingerprint density at radius 1 is 1.05 bits per heavy atom.